The third-order valence-electron chi connectivity index (χ3n) is 10.1. The summed E-state index contributed by atoms with van der Waals surface area (Å²) in [4.78, 5) is 43.1. The van der Waals surface area contributed by atoms with Crippen LogP contribution < -0.4 is 21.2 Å². The lowest BCUT2D eigenvalue weighted by atomic mass is 10.0. The van der Waals surface area contributed by atoms with Crippen LogP contribution in [0, 0.1) is 0 Å². The maximum absolute atomic E-state index is 14.2. The number of fused-ring (bicyclic) bond motifs is 1. The topological polar surface area (TPSA) is 84.9 Å². The van der Waals surface area contributed by atoms with Gasteiger partial charge in [-0.2, -0.15) is 0 Å². The Morgan fingerprint density at radius 2 is 1.11 bits per heavy atom. The molecule has 0 bridgehead atoms. The molecule has 9 heteroatoms. The molecule has 0 saturated carbocycles. The first-order valence-corrected chi connectivity index (χ1v) is 21.6. The zero-order valence-corrected chi connectivity index (χ0v) is 32.2. The Kier molecular flexibility index (Phi) is 11.1. The number of rotatable bonds is 12. The second-order valence-corrected chi connectivity index (χ2v) is 18.3. The SMILES string of the molecule is O=C(Cc1ccccc1)NC1C(=O)N2C(OC(=O)OC(c3ccccc3)c3ccccc3)=C(C[P+](c3ccccc3)(c3ccccc3)c3ccccc3)CS[C@@H]12. The monoisotopic (exact) mass is 775 g/mol. The van der Waals surface area contributed by atoms with Crippen molar-refractivity contribution < 1.29 is 23.9 Å². The zero-order chi connectivity index (χ0) is 38.3. The van der Waals surface area contributed by atoms with Crippen molar-refractivity contribution in [3.05, 3.63) is 210 Å². The summed E-state index contributed by atoms with van der Waals surface area (Å²) in [6, 6.07) is 59.1. The highest BCUT2D eigenvalue weighted by Crippen LogP contribution is 2.58. The van der Waals surface area contributed by atoms with Gasteiger partial charge in [0.25, 0.3) is 5.91 Å². The van der Waals surface area contributed by atoms with Crippen LogP contribution in [0.15, 0.2) is 193 Å². The average molecular weight is 776 g/mol. The van der Waals surface area contributed by atoms with Gasteiger partial charge in [-0.1, -0.05) is 146 Å². The molecule has 2 amide bonds. The summed E-state index contributed by atoms with van der Waals surface area (Å²) in [6.45, 7) is 0. The number of ether oxygens (including phenoxy) is 2. The maximum Gasteiger partial charge on any atom is 0.516 e. The van der Waals surface area contributed by atoms with Crippen LogP contribution in [0.5, 0.6) is 0 Å². The molecular formula is C47H40N2O5PS+. The first kappa shape index (κ1) is 37.0. The lowest BCUT2D eigenvalue weighted by Gasteiger charge is -2.49. The largest absolute Gasteiger partial charge is 0.516 e. The quantitative estimate of drug-likeness (QED) is 0.0777. The van der Waals surface area contributed by atoms with Crippen molar-refractivity contribution in [2.24, 2.45) is 0 Å². The molecule has 6 aromatic carbocycles. The van der Waals surface area contributed by atoms with Gasteiger partial charge in [-0.15, -0.1) is 11.8 Å². The molecule has 2 atom stereocenters. The highest BCUT2D eigenvalue weighted by atomic mass is 32.2. The first-order chi connectivity index (χ1) is 27.5. The van der Waals surface area contributed by atoms with Gasteiger partial charge in [0.15, 0.2) is 6.10 Å². The van der Waals surface area contributed by atoms with Crippen LogP contribution in [0.2, 0.25) is 0 Å². The molecule has 1 fully saturated rings. The number of carbonyl (C=O) groups excluding carboxylic acids is 3. The summed E-state index contributed by atoms with van der Waals surface area (Å²) < 4.78 is 12.5. The number of nitrogens with zero attached hydrogens (tertiary/aromatic N) is 1. The predicted octanol–water partition coefficient (Wildman–Crippen LogP) is 7.78. The van der Waals surface area contributed by atoms with Crippen LogP contribution in [0.3, 0.4) is 0 Å². The second kappa shape index (κ2) is 16.8. The number of carbonyl (C=O) groups is 3. The standard InChI is InChI=1S/C47H39N2O5PS/c50-41(31-34-19-7-1-8-20-34)48-42-44(51)49-45(54-47(52)53-43(35-21-9-2-10-22-35)36-23-11-3-12-24-36)37(33-56-46(42)49)32-55(38-25-13-4-14-26-38,39-27-15-5-16-28-39)40-29-17-6-18-30-40/h1-30,42-43,46H,31-33H2/p+1/t42?,46-/m0/s1. The minimum absolute atomic E-state index is 0.150. The van der Waals surface area contributed by atoms with Crippen molar-refractivity contribution in [3.8, 4) is 0 Å². The molecule has 278 valence electrons. The highest BCUT2D eigenvalue weighted by Gasteiger charge is 2.56. The van der Waals surface area contributed by atoms with Gasteiger partial charge in [-0.3, -0.25) is 14.5 Å². The summed E-state index contributed by atoms with van der Waals surface area (Å²) in [6.07, 6.45) is -1.02. The molecule has 2 aliphatic heterocycles. The molecule has 1 N–H and O–H groups in total. The highest BCUT2D eigenvalue weighted by molar-refractivity contribution is 8.00. The lowest BCUT2D eigenvalue weighted by Crippen LogP contribution is -2.70. The number of amides is 2. The van der Waals surface area contributed by atoms with Crippen molar-refractivity contribution in [3.63, 3.8) is 0 Å². The van der Waals surface area contributed by atoms with Gasteiger partial charge in [-0.25, -0.2) is 4.79 Å². The Morgan fingerprint density at radius 3 is 1.59 bits per heavy atom. The fourth-order valence-electron chi connectivity index (χ4n) is 7.48. The number of benzene rings is 6. The van der Waals surface area contributed by atoms with E-state index in [9.17, 15) is 14.4 Å². The van der Waals surface area contributed by atoms with E-state index >= 15 is 0 Å². The van der Waals surface area contributed by atoms with Crippen molar-refractivity contribution in [2.75, 3.05) is 11.9 Å². The second-order valence-electron chi connectivity index (χ2n) is 13.7. The van der Waals surface area contributed by atoms with Gasteiger partial charge < -0.3 is 14.8 Å². The van der Waals surface area contributed by atoms with Gasteiger partial charge in [0.2, 0.25) is 11.8 Å². The molecule has 8 rings (SSSR count). The predicted molar refractivity (Wildman–Crippen MR) is 225 cm³/mol. The Bertz CT molecular complexity index is 2180. The summed E-state index contributed by atoms with van der Waals surface area (Å²) in [5, 5.41) is 5.98. The number of nitrogens with one attached hydrogen (secondary N) is 1. The molecular weight excluding hydrogens is 736 g/mol. The molecule has 56 heavy (non-hydrogen) atoms. The molecule has 1 unspecified atom stereocenters. The van der Waals surface area contributed by atoms with Gasteiger partial charge in [-0.05, 0) is 53.1 Å². The van der Waals surface area contributed by atoms with Crippen molar-refractivity contribution in [2.45, 2.75) is 23.9 Å². The summed E-state index contributed by atoms with van der Waals surface area (Å²) in [7, 11) is -2.46. The molecule has 1 saturated heterocycles. The van der Waals surface area contributed by atoms with Gasteiger partial charge in [0.05, 0.1) is 6.42 Å². The third kappa shape index (κ3) is 7.63. The number of hydrogen-bond donors (Lipinski definition) is 1. The van der Waals surface area contributed by atoms with Gasteiger partial charge in [0, 0.05) is 11.3 Å². The van der Waals surface area contributed by atoms with E-state index in [2.05, 4.69) is 78.1 Å². The minimum atomic E-state index is -2.46. The number of hydrogen-bond acceptors (Lipinski definition) is 6. The minimum Gasteiger partial charge on any atom is -0.421 e. The molecule has 0 radical (unpaired) electrons. The Balaban J connectivity index is 1.19. The first-order valence-electron chi connectivity index (χ1n) is 18.5. The van der Waals surface area contributed by atoms with E-state index in [1.54, 1.807) is 11.8 Å². The van der Waals surface area contributed by atoms with Crippen molar-refractivity contribution >= 4 is 52.9 Å². The van der Waals surface area contributed by atoms with Crippen molar-refractivity contribution in [1.82, 2.24) is 10.2 Å². The van der Waals surface area contributed by atoms with Crippen LogP contribution >= 0.6 is 19.0 Å². The Morgan fingerprint density at radius 1 is 0.661 bits per heavy atom. The van der Waals surface area contributed by atoms with E-state index in [0.29, 0.717) is 11.9 Å². The summed E-state index contributed by atoms with van der Waals surface area (Å²) >= 11 is 1.56. The lowest BCUT2D eigenvalue weighted by molar-refractivity contribution is -0.149. The van der Waals surface area contributed by atoms with E-state index in [4.69, 9.17) is 9.47 Å². The van der Waals surface area contributed by atoms with E-state index in [1.165, 1.54) is 4.90 Å². The van der Waals surface area contributed by atoms with Crippen LogP contribution in [-0.2, 0) is 25.5 Å². The smallest absolute Gasteiger partial charge is 0.421 e. The third-order valence-corrected chi connectivity index (χ3v) is 15.9. The zero-order valence-electron chi connectivity index (χ0n) is 30.5. The normalized spacial score (nSPS) is 16.4. The van der Waals surface area contributed by atoms with Crippen LogP contribution in [0.4, 0.5) is 4.79 Å². The summed E-state index contributed by atoms with van der Waals surface area (Å²) in [5.41, 5.74) is 3.23. The van der Waals surface area contributed by atoms with E-state index in [0.717, 1.165) is 38.2 Å². The summed E-state index contributed by atoms with van der Waals surface area (Å²) in [5.74, 6) is 0.0538. The molecule has 6 aromatic rings. The molecule has 2 aliphatic rings. The van der Waals surface area contributed by atoms with E-state index < -0.39 is 30.9 Å². The van der Waals surface area contributed by atoms with Gasteiger partial charge >= 0.3 is 6.16 Å². The molecule has 0 aromatic heterocycles. The average Bonchev–Trinajstić information content (AvgIpc) is 3.26. The van der Waals surface area contributed by atoms with Crippen LogP contribution in [0.1, 0.15) is 22.8 Å². The Labute approximate surface area is 331 Å². The number of β-lactam (4-membered cyclic amide) rings is 1. The molecule has 7 nitrogen and oxygen atoms in total. The van der Waals surface area contributed by atoms with Crippen molar-refractivity contribution in [1.29, 1.82) is 0 Å². The number of thioether (sulfide) groups is 1. The van der Waals surface area contributed by atoms with Crippen LogP contribution in [-0.4, -0.2) is 46.2 Å². The van der Waals surface area contributed by atoms with E-state index in [1.807, 2.05) is 109 Å². The van der Waals surface area contributed by atoms with E-state index in [-0.39, 0.29) is 24.1 Å². The maximum atomic E-state index is 14.2. The molecule has 0 spiro atoms. The van der Waals surface area contributed by atoms with Gasteiger partial charge in [0.1, 0.15) is 40.8 Å². The fourth-order valence-corrected chi connectivity index (χ4v) is 13.3. The Hall–Kier alpha value is -5.95. The fraction of sp³-hybridized carbons (Fsp3) is 0.128. The molecule has 2 heterocycles. The van der Waals surface area contributed by atoms with Crippen LogP contribution in [0.25, 0.3) is 0 Å². The molecule has 0 aliphatic carbocycles.